The van der Waals surface area contributed by atoms with Gasteiger partial charge in [-0.1, -0.05) is 0 Å². The summed E-state index contributed by atoms with van der Waals surface area (Å²) in [7, 11) is 0. The molecule has 1 heterocycles. The Kier molecular flexibility index (Phi) is 3.41. The maximum atomic E-state index is 12.1. The third-order valence-electron chi connectivity index (χ3n) is 2.36. The van der Waals surface area contributed by atoms with Gasteiger partial charge in [-0.05, 0) is 6.42 Å². The summed E-state index contributed by atoms with van der Waals surface area (Å²) in [6.45, 7) is -0.705. The molecule has 0 aromatic heterocycles. The van der Waals surface area contributed by atoms with Gasteiger partial charge in [-0.3, -0.25) is 9.59 Å². The number of aliphatic carboxylic acids is 1. The summed E-state index contributed by atoms with van der Waals surface area (Å²) in [5.74, 6) is -4.31. The smallest absolute Gasteiger partial charge is 0.471 e. The second kappa shape index (κ2) is 4.28. The number of carbonyl (C=O) groups is 2. The van der Waals surface area contributed by atoms with E-state index >= 15 is 0 Å². The first-order valence-corrected chi connectivity index (χ1v) is 4.56. The van der Waals surface area contributed by atoms with Crippen molar-refractivity contribution in [2.75, 3.05) is 13.1 Å². The molecule has 0 aromatic rings. The van der Waals surface area contributed by atoms with E-state index in [1.165, 1.54) is 0 Å². The highest BCUT2D eigenvalue weighted by molar-refractivity contribution is 5.83. The average Bonchev–Trinajstić information content (AvgIpc) is 2.14. The van der Waals surface area contributed by atoms with Crippen LogP contribution in [0.1, 0.15) is 6.42 Å². The Hall–Kier alpha value is -1.31. The van der Waals surface area contributed by atoms with E-state index in [1.807, 2.05) is 0 Å². The Morgan fingerprint density at radius 2 is 1.88 bits per heavy atom. The molecule has 0 bridgehead atoms. The number of alkyl halides is 3. The van der Waals surface area contributed by atoms with Crippen LogP contribution in [-0.4, -0.2) is 47.2 Å². The molecule has 0 radical (unpaired) electrons. The van der Waals surface area contributed by atoms with Gasteiger partial charge < -0.3 is 15.7 Å². The second-order valence-electron chi connectivity index (χ2n) is 3.74. The van der Waals surface area contributed by atoms with Crippen LogP contribution in [0.4, 0.5) is 13.2 Å². The Morgan fingerprint density at radius 3 is 2.31 bits per heavy atom. The van der Waals surface area contributed by atoms with E-state index in [1.54, 1.807) is 0 Å². The molecule has 0 spiro atoms. The molecule has 1 rings (SSSR count). The quantitative estimate of drug-likeness (QED) is 0.665. The number of hydrogen-bond acceptors (Lipinski definition) is 3. The van der Waals surface area contributed by atoms with E-state index in [-0.39, 0.29) is 13.0 Å². The summed E-state index contributed by atoms with van der Waals surface area (Å²) in [6.07, 6.45) is -4.91. The normalized spacial score (nSPS) is 26.6. The molecular weight excluding hydrogens is 229 g/mol. The van der Waals surface area contributed by atoms with Crippen molar-refractivity contribution in [2.24, 2.45) is 11.7 Å². The van der Waals surface area contributed by atoms with Gasteiger partial charge in [0, 0.05) is 19.1 Å². The van der Waals surface area contributed by atoms with Gasteiger partial charge in [0.15, 0.2) is 0 Å². The number of amides is 1. The van der Waals surface area contributed by atoms with Crippen LogP contribution in [0.15, 0.2) is 0 Å². The average molecular weight is 240 g/mol. The lowest BCUT2D eigenvalue weighted by molar-refractivity contribution is -0.188. The van der Waals surface area contributed by atoms with Crippen molar-refractivity contribution in [2.45, 2.75) is 18.6 Å². The summed E-state index contributed by atoms with van der Waals surface area (Å²) >= 11 is 0. The van der Waals surface area contributed by atoms with Crippen molar-refractivity contribution >= 4 is 11.9 Å². The number of likely N-dealkylation sites (tertiary alicyclic amines) is 1. The highest BCUT2D eigenvalue weighted by Crippen LogP contribution is 2.23. The SMILES string of the molecule is N[C@@H]1C[C@@H](C(=O)O)CN(C(=O)C(F)(F)F)C1. The van der Waals surface area contributed by atoms with Crippen LogP contribution in [0.3, 0.4) is 0 Å². The molecule has 0 saturated carbocycles. The minimum Gasteiger partial charge on any atom is -0.481 e. The fourth-order valence-electron chi connectivity index (χ4n) is 1.66. The number of nitrogens with zero attached hydrogens (tertiary/aromatic N) is 1. The zero-order chi connectivity index (χ0) is 12.5. The monoisotopic (exact) mass is 240 g/mol. The molecular formula is C8H11F3N2O3. The van der Waals surface area contributed by atoms with Crippen molar-refractivity contribution in [3.05, 3.63) is 0 Å². The molecule has 0 unspecified atom stereocenters. The predicted molar refractivity (Wildman–Crippen MR) is 46.4 cm³/mol. The van der Waals surface area contributed by atoms with Crippen molar-refractivity contribution in [1.82, 2.24) is 4.90 Å². The molecule has 16 heavy (non-hydrogen) atoms. The van der Waals surface area contributed by atoms with Crippen LogP contribution in [0.2, 0.25) is 0 Å². The summed E-state index contributed by atoms with van der Waals surface area (Å²) in [6, 6.07) is -0.735. The van der Waals surface area contributed by atoms with Crippen LogP contribution in [0.25, 0.3) is 0 Å². The van der Waals surface area contributed by atoms with E-state index in [4.69, 9.17) is 10.8 Å². The molecule has 3 N–H and O–H groups in total. The predicted octanol–water partition coefficient (Wildman–Crippen LogP) is -0.191. The lowest BCUT2D eigenvalue weighted by Gasteiger charge is -2.34. The zero-order valence-electron chi connectivity index (χ0n) is 8.20. The Balaban J connectivity index is 2.75. The largest absolute Gasteiger partial charge is 0.481 e. The molecule has 1 fully saturated rings. The van der Waals surface area contributed by atoms with Gasteiger partial charge in [0.2, 0.25) is 0 Å². The summed E-state index contributed by atoms with van der Waals surface area (Å²) < 4.78 is 36.3. The number of carboxylic acids is 1. The lowest BCUT2D eigenvalue weighted by Crippen LogP contribution is -2.54. The number of halogens is 3. The summed E-state index contributed by atoms with van der Waals surface area (Å²) in [5.41, 5.74) is 5.41. The molecule has 92 valence electrons. The van der Waals surface area contributed by atoms with E-state index in [0.29, 0.717) is 4.90 Å². The van der Waals surface area contributed by atoms with Gasteiger partial charge in [-0.15, -0.1) is 0 Å². The standard InChI is InChI=1S/C8H11F3N2O3/c9-8(10,11)7(16)13-2-4(6(14)15)1-5(12)3-13/h4-5H,1-3,12H2,(H,14,15)/t4-,5-/m1/s1. The first-order valence-electron chi connectivity index (χ1n) is 4.56. The summed E-state index contributed by atoms with van der Waals surface area (Å²) in [4.78, 5) is 22.0. The lowest BCUT2D eigenvalue weighted by atomic mass is 9.95. The fourth-order valence-corrected chi connectivity index (χ4v) is 1.66. The Labute approximate surface area is 89.0 Å². The number of nitrogens with two attached hydrogens (primary N) is 1. The Morgan fingerprint density at radius 1 is 1.31 bits per heavy atom. The van der Waals surface area contributed by atoms with Gasteiger partial charge in [0.25, 0.3) is 0 Å². The molecule has 1 amide bonds. The first-order chi connectivity index (χ1) is 7.21. The van der Waals surface area contributed by atoms with E-state index in [2.05, 4.69) is 0 Å². The maximum absolute atomic E-state index is 12.1. The van der Waals surface area contributed by atoms with E-state index in [0.717, 1.165) is 0 Å². The van der Waals surface area contributed by atoms with Crippen molar-refractivity contribution in [3.8, 4) is 0 Å². The van der Waals surface area contributed by atoms with E-state index in [9.17, 15) is 22.8 Å². The first kappa shape index (κ1) is 12.8. The van der Waals surface area contributed by atoms with Crippen molar-refractivity contribution < 1.29 is 27.9 Å². The third kappa shape index (κ3) is 2.84. The summed E-state index contributed by atoms with van der Waals surface area (Å²) in [5, 5.41) is 8.68. The fraction of sp³-hybridized carbons (Fsp3) is 0.750. The van der Waals surface area contributed by atoms with Gasteiger partial charge in [0.1, 0.15) is 0 Å². The molecule has 1 aliphatic rings. The topological polar surface area (TPSA) is 83.6 Å². The highest BCUT2D eigenvalue weighted by atomic mass is 19.4. The molecule has 5 nitrogen and oxygen atoms in total. The number of rotatable bonds is 1. The molecule has 0 aliphatic carbocycles. The minimum atomic E-state index is -4.99. The van der Waals surface area contributed by atoms with Crippen molar-refractivity contribution in [3.63, 3.8) is 0 Å². The van der Waals surface area contributed by atoms with Crippen LogP contribution < -0.4 is 5.73 Å². The van der Waals surface area contributed by atoms with Gasteiger partial charge >= 0.3 is 18.1 Å². The van der Waals surface area contributed by atoms with Crippen LogP contribution in [0, 0.1) is 5.92 Å². The van der Waals surface area contributed by atoms with Gasteiger partial charge in [-0.2, -0.15) is 13.2 Å². The van der Waals surface area contributed by atoms with E-state index < -0.39 is 36.6 Å². The molecule has 1 saturated heterocycles. The van der Waals surface area contributed by atoms with Crippen LogP contribution >= 0.6 is 0 Å². The van der Waals surface area contributed by atoms with Crippen LogP contribution in [0.5, 0.6) is 0 Å². The molecule has 1 aliphatic heterocycles. The third-order valence-corrected chi connectivity index (χ3v) is 2.36. The van der Waals surface area contributed by atoms with Crippen molar-refractivity contribution in [1.29, 1.82) is 0 Å². The minimum absolute atomic E-state index is 0.0803. The number of piperidine rings is 1. The zero-order valence-corrected chi connectivity index (χ0v) is 8.20. The Bertz CT molecular complexity index is 305. The highest BCUT2D eigenvalue weighted by Gasteiger charge is 2.45. The second-order valence-corrected chi connectivity index (χ2v) is 3.74. The van der Waals surface area contributed by atoms with Gasteiger partial charge in [0.05, 0.1) is 5.92 Å². The molecule has 8 heteroatoms. The number of carboxylic acid groups (broad SMARTS) is 1. The number of hydrogen-bond donors (Lipinski definition) is 2. The van der Waals surface area contributed by atoms with Crippen LogP contribution in [-0.2, 0) is 9.59 Å². The van der Waals surface area contributed by atoms with Gasteiger partial charge in [-0.25, -0.2) is 0 Å². The molecule has 0 aromatic carbocycles. The number of carbonyl (C=O) groups excluding carboxylic acids is 1. The maximum Gasteiger partial charge on any atom is 0.471 e. The molecule has 2 atom stereocenters.